The fraction of sp³-hybridized carbons (Fsp3) is 0.350. The second kappa shape index (κ2) is 10.1. The van der Waals surface area contributed by atoms with E-state index in [-0.39, 0.29) is 25.6 Å². The predicted octanol–water partition coefficient (Wildman–Crippen LogP) is 1.99. The first-order valence-electron chi connectivity index (χ1n) is 8.80. The van der Waals surface area contributed by atoms with E-state index < -0.39 is 10.0 Å². The summed E-state index contributed by atoms with van der Waals surface area (Å²) in [5.74, 6) is 0.337. The van der Waals surface area contributed by atoms with Gasteiger partial charge in [0.1, 0.15) is 5.75 Å². The monoisotopic (exact) mass is 390 g/mol. The van der Waals surface area contributed by atoms with Crippen molar-refractivity contribution in [2.24, 2.45) is 0 Å². The minimum Gasteiger partial charge on any atom is -0.484 e. The third-order valence-electron chi connectivity index (χ3n) is 4.04. The number of benzene rings is 2. The number of hydrogen-bond acceptors (Lipinski definition) is 4. The molecule has 1 N–H and O–H groups in total. The Morgan fingerprint density at radius 2 is 1.70 bits per heavy atom. The second-order valence-electron chi connectivity index (χ2n) is 6.35. The number of carbonyl (C=O) groups excluding carboxylic acids is 1. The summed E-state index contributed by atoms with van der Waals surface area (Å²) >= 11 is 0. The molecule has 2 aromatic carbocycles. The van der Waals surface area contributed by atoms with Crippen LogP contribution in [0.4, 0.5) is 0 Å². The van der Waals surface area contributed by atoms with Gasteiger partial charge in [-0.3, -0.25) is 4.79 Å². The summed E-state index contributed by atoms with van der Waals surface area (Å²) in [5.41, 5.74) is 2.19. The first-order chi connectivity index (χ1) is 12.8. The summed E-state index contributed by atoms with van der Waals surface area (Å²) in [6, 6.07) is 17.1. The number of sulfonamides is 1. The van der Waals surface area contributed by atoms with Crippen LogP contribution in [-0.2, 0) is 21.2 Å². The van der Waals surface area contributed by atoms with Crippen LogP contribution in [0.3, 0.4) is 0 Å². The molecule has 146 valence electrons. The van der Waals surface area contributed by atoms with Crippen molar-refractivity contribution in [1.82, 2.24) is 9.62 Å². The van der Waals surface area contributed by atoms with Gasteiger partial charge in [0.05, 0.1) is 6.26 Å². The van der Waals surface area contributed by atoms with Crippen LogP contribution in [0.2, 0.25) is 0 Å². The number of aryl methyl sites for hydroxylation is 1. The maximum Gasteiger partial charge on any atom is 0.257 e. The normalized spacial score (nSPS) is 11.4. The zero-order chi connectivity index (χ0) is 19.7. The zero-order valence-corrected chi connectivity index (χ0v) is 16.5. The molecule has 0 heterocycles. The molecule has 0 fully saturated rings. The minimum atomic E-state index is -3.34. The number of ether oxygens (including phenoxy) is 1. The third kappa shape index (κ3) is 7.80. The summed E-state index contributed by atoms with van der Waals surface area (Å²) in [4.78, 5) is 11.9. The van der Waals surface area contributed by atoms with Crippen molar-refractivity contribution in [3.8, 4) is 5.75 Å². The molecule has 2 aromatic rings. The predicted molar refractivity (Wildman–Crippen MR) is 106 cm³/mol. The highest BCUT2D eigenvalue weighted by Gasteiger charge is 2.16. The quantitative estimate of drug-likeness (QED) is 0.673. The van der Waals surface area contributed by atoms with Gasteiger partial charge in [0.2, 0.25) is 10.0 Å². The SMILES string of the molecule is Cc1ccc(OCC(=O)NCCN(CCc2ccccc2)S(C)(=O)=O)cc1. The van der Waals surface area contributed by atoms with E-state index in [9.17, 15) is 13.2 Å². The number of hydrogen-bond donors (Lipinski definition) is 1. The molecular weight excluding hydrogens is 364 g/mol. The van der Waals surface area contributed by atoms with E-state index in [2.05, 4.69) is 5.32 Å². The highest BCUT2D eigenvalue weighted by atomic mass is 32.2. The third-order valence-corrected chi connectivity index (χ3v) is 5.34. The average Bonchev–Trinajstić information content (AvgIpc) is 2.64. The van der Waals surface area contributed by atoms with E-state index in [0.717, 1.165) is 11.1 Å². The molecule has 1 amide bonds. The van der Waals surface area contributed by atoms with Gasteiger partial charge in [-0.25, -0.2) is 12.7 Å². The highest BCUT2D eigenvalue weighted by Crippen LogP contribution is 2.11. The Bertz CT molecular complexity index is 821. The summed E-state index contributed by atoms with van der Waals surface area (Å²) in [6.45, 7) is 2.70. The maximum atomic E-state index is 12.0. The first-order valence-corrected chi connectivity index (χ1v) is 10.6. The van der Waals surface area contributed by atoms with E-state index in [1.54, 1.807) is 12.1 Å². The number of amides is 1. The van der Waals surface area contributed by atoms with Gasteiger partial charge in [-0.05, 0) is 31.0 Å². The summed E-state index contributed by atoms with van der Waals surface area (Å²) in [5, 5.41) is 2.69. The van der Waals surface area contributed by atoms with E-state index in [1.807, 2.05) is 49.4 Å². The summed E-state index contributed by atoms with van der Waals surface area (Å²) in [6.07, 6.45) is 1.80. The van der Waals surface area contributed by atoms with Crippen LogP contribution in [0.1, 0.15) is 11.1 Å². The smallest absolute Gasteiger partial charge is 0.257 e. The van der Waals surface area contributed by atoms with Crippen molar-refractivity contribution in [2.45, 2.75) is 13.3 Å². The Morgan fingerprint density at radius 3 is 2.33 bits per heavy atom. The number of rotatable bonds is 10. The molecule has 0 bridgehead atoms. The van der Waals surface area contributed by atoms with Gasteiger partial charge in [0.15, 0.2) is 6.61 Å². The molecule has 0 aliphatic rings. The van der Waals surface area contributed by atoms with E-state index in [4.69, 9.17) is 4.74 Å². The Labute approximate surface area is 161 Å². The van der Waals surface area contributed by atoms with Crippen LogP contribution in [0, 0.1) is 6.92 Å². The Hall–Kier alpha value is -2.38. The van der Waals surface area contributed by atoms with Crippen molar-refractivity contribution in [3.05, 3.63) is 65.7 Å². The van der Waals surface area contributed by atoms with Gasteiger partial charge in [-0.15, -0.1) is 0 Å². The van der Waals surface area contributed by atoms with E-state index >= 15 is 0 Å². The highest BCUT2D eigenvalue weighted by molar-refractivity contribution is 7.88. The van der Waals surface area contributed by atoms with Crippen LogP contribution in [0.5, 0.6) is 5.75 Å². The molecule has 0 aliphatic carbocycles. The molecule has 0 atom stereocenters. The van der Waals surface area contributed by atoms with Gasteiger partial charge in [0.25, 0.3) is 5.91 Å². The summed E-state index contributed by atoms with van der Waals surface area (Å²) in [7, 11) is -3.34. The van der Waals surface area contributed by atoms with Gasteiger partial charge >= 0.3 is 0 Å². The molecule has 0 unspecified atom stereocenters. The lowest BCUT2D eigenvalue weighted by atomic mass is 10.1. The van der Waals surface area contributed by atoms with E-state index in [0.29, 0.717) is 18.7 Å². The molecule has 7 heteroatoms. The van der Waals surface area contributed by atoms with Crippen molar-refractivity contribution in [3.63, 3.8) is 0 Å². The average molecular weight is 391 g/mol. The molecule has 27 heavy (non-hydrogen) atoms. The molecular formula is C20H26N2O4S. The fourth-order valence-corrected chi connectivity index (χ4v) is 3.34. The largest absolute Gasteiger partial charge is 0.484 e. The topological polar surface area (TPSA) is 75.7 Å². The summed E-state index contributed by atoms with van der Waals surface area (Å²) < 4.78 is 30.7. The molecule has 2 rings (SSSR count). The maximum absolute atomic E-state index is 12.0. The minimum absolute atomic E-state index is 0.105. The molecule has 0 spiro atoms. The molecule has 0 saturated carbocycles. The fourth-order valence-electron chi connectivity index (χ4n) is 2.50. The van der Waals surface area contributed by atoms with Gasteiger partial charge in [-0.1, -0.05) is 48.0 Å². The van der Waals surface area contributed by atoms with E-state index in [1.165, 1.54) is 10.6 Å². The number of nitrogens with zero attached hydrogens (tertiary/aromatic N) is 1. The molecule has 0 aromatic heterocycles. The molecule has 0 aliphatic heterocycles. The van der Waals surface area contributed by atoms with Crippen molar-refractivity contribution in [2.75, 3.05) is 32.5 Å². The lowest BCUT2D eigenvalue weighted by molar-refractivity contribution is -0.123. The second-order valence-corrected chi connectivity index (χ2v) is 8.33. The van der Waals surface area contributed by atoms with Gasteiger partial charge in [0, 0.05) is 19.6 Å². The van der Waals surface area contributed by atoms with Crippen LogP contribution in [-0.4, -0.2) is 51.1 Å². The Kier molecular flexibility index (Phi) is 7.82. The van der Waals surface area contributed by atoms with Crippen LogP contribution in [0.15, 0.2) is 54.6 Å². The Morgan fingerprint density at radius 1 is 1.04 bits per heavy atom. The molecule has 6 nitrogen and oxygen atoms in total. The molecule has 0 radical (unpaired) electrons. The number of nitrogens with one attached hydrogen (secondary N) is 1. The molecule has 0 saturated heterocycles. The van der Waals surface area contributed by atoms with Crippen LogP contribution < -0.4 is 10.1 Å². The lowest BCUT2D eigenvalue weighted by Gasteiger charge is -2.20. The van der Waals surface area contributed by atoms with Crippen molar-refractivity contribution in [1.29, 1.82) is 0 Å². The van der Waals surface area contributed by atoms with Crippen molar-refractivity contribution >= 4 is 15.9 Å². The van der Waals surface area contributed by atoms with Gasteiger partial charge in [-0.2, -0.15) is 0 Å². The van der Waals surface area contributed by atoms with Crippen molar-refractivity contribution < 1.29 is 17.9 Å². The standard InChI is InChI=1S/C20H26N2O4S/c1-17-8-10-19(11-9-17)26-16-20(23)21-13-15-22(27(2,24)25)14-12-18-6-4-3-5-7-18/h3-11H,12-16H2,1-2H3,(H,21,23). The van der Waals surface area contributed by atoms with Gasteiger partial charge < -0.3 is 10.1 Å². The first kappa shape index (κ1) is 20.9. The van der Waals surface area contributed by atoms with Crippen LogP contribution >= 0.6 is 0 Å². The Balaban J connectivity index is 1.75. The van der Waals surface area contributed by atoms with Crippen LogP contribution in [0.25, 0.3) is 0 Å². The number of carbonyl (C=O) groups is 1. The zero-order valence-electron chi connectivity index (χ0n) is 15.7. The lowest BCUT2D eigenvalue weighted by Crippen LogP contribution is -2.40.